The molecule has 0 atom stereocenters. The molecule has 8 aromatic rings. The van der Waals surface area contributed by atoms with Gasteiger partial charge in [-0.2, -0.15) is 18.2 Å². The molecule has 0 saturated heterocycles. The van der Waals surface area contributed by atoms with Gasteiger partial charge in [-0.1, -0.05) is 74.8 Å². The molecule has 262 valence electrons. The molecule has 0 fully saturated rings. The summed E-state index contributed by atoms with van der Waals surface area (Å²) in [6, 6.07) is 40.4. The van der Waals surface area contributed by atoms with Crippen LogP contribution in [0.1, 0.15) is 48.6 Å². The zero-order valence-electron chi connectivity index (χ0n) is 30.5. The minimum absolute atomic E-state index is 0. The Morgan fingerprint density at radius 2 is 1.44 bits per heavy atom. The Bertz CT molecular complexity index is 2590. The first-order valence-electron chi connectivity index (χ1n) is 17.4. The van der Waals surface area contributed by atoms with Crippen LogP contribution < -0.4 is 9.30 Å². The van der Waals surface area contributed by atoms with E-state index in [4.69, 9.17) is 9.72 Å². The second-order valence-corrected chi connectivity index (χ2v) is 14.3. The van der Waals surface area contributed by atoms with Crippen LogP contribution in [-0.4, -0.2) is 14.1 Å². The number of benzene rings is 5. The van der Waals surface area contributed by atoms with E-state index in [2.05, 4.69) is 155 Å². The summed E-state index contributed by atoms with van der Waals surface area (Å²) in [6.07, 6.45) is 9.54. The van der Waals surface area contributed by atoms with E-state index in [0.29, 0.717) is 11.5 Å². The second-order valence-electron chi connectivity index (χ2n) is 14.3. The first-order valence-corrected chi connectivity index (χ1v) is 17.4. The van der Waals surface area contributed by atoms with Crippen molar-refractivity contribution in [2.75, 3.05) is 0 Å². The van der Waals surface area contributed by atoms with Gasteiger partial charge in [0.1, 0.15) is 5.82 Å². The van der Waals surface area contributed by atoms with E-state index < -0.39 is 0 Å². The molecule has 0 aliphatic rings. The number of para-hydroxylation sites is 1. The maximum atomic E-state index is 6.47. The number of nitrogens with zero attached hydrogens (tertiary/aromatic N) is 4. The number of hydrogen-bond acceptors (Lipinski definition) is 2. The molecule has 0 radical (unpaired) electrons. The Morgan fingerprint density at radius 3 is 2.23 bits per heavy atom. The Balaban J connectivity index is 0.00000420. The normalized spacial score (nSPS) is 11.6. The number of ether oxygens (including phenoxy) is 1. The Hall–Kier alpha value is -5.25. The van der Waals surface area contributed by atoms with Crippen molar-refractivity contribution in [2.24, 2.45) is 0 Å². The average Bonchev–Trinajstić information content (AvgIpc) is 3.75. The van der Waals surface area contributed by atoms with Crippen molar-refractivity contribution in [1.82, 2.24) is 14.1 Å². The van der Waals surface area contributed by atoms with Crippen LogP contribution in [0.15, 0.2) is 116 Å². The van der Waals surface area contributed by atoms with Gasteiger partial charge in [0.05, 0.1) is 5.69 Å². The van der Waals surface area contributed by atoms with Gasteiger partial charge in [-0.15, -0.1) is 29.7 Å². The van der Waals surface area contributed by atoms with Gasteiger partial charge in [-0.3, -0.25) is 4.57 Å². The molecule has 5 nitrogen and oxygen atoms in total. The topological polar surface area (TPSA) is 35.9 Å². The predicted molar refractivity (Wildman–Crippen MR) is 206 cm³/mol. The van der Waals surface area contributed by atoms with Gasteiger partial charge in [-0.25, -0.2) is 4.98 Å². The SMILES string of the molecule is Cc1c(C)c(C)c(-[n+]2[c-]n(-c3[c-]c(Oc4[c-]c5c(cc4)c4ccccc4n5-c4cc(C(C)(C)C)ccn4)ccc3)cc2)c(-c2ccccc2)c1C.[Pt]. The Labute approximate surface area is 320 Å². The first kappa shape index (κ1) is 35.2. The molecule has 0 unspecified atom stereocenters. The van der Waals surface area contributed by atoms with Crippen molar-refractivity contribution in [3.05, 3.63) is 162 Å². The maximum absolute atomic E-state index is 6.47. The fourth-order valence-electron chi connectivity index (χ4n) is 7.06. The van der Waals surface area contributed by atoms with Crippen LogP contribution in [0.4, 0.5) is 0 Å². The summed E-state index contributed by atoms with van der Waals surface area (Å²) in [5, 5.41) is 2.24. The van der Waals surface area contributed by atoms with E-state index in [1.54, 1.807) is 0 Å². The van der Waals surface area contributed by atoms with Crippen molar-refractivity contribution in [3.63, 3.8) is 0 Å². The first-order chi connectivity index (χ1) is 24.6. The molecule has 0 amide bonds. The van der Waals surface area contributed by atoms with E-state index in [1.807, 2.05) is 41.2 Å². The van der Waals surface area contributed by atoms with Crippen LogP contribution in [0.5, 0.6) is 11.5 Å². The number of hydrogen-bond donors (Lipinski definition) is 0. The Kier molecular flexibility index (Phi) is 9.27. The largest absolute Gasteiger partial charge is 0.510 e. The maximum Gasteiger partial charge on any atom is 0.267 e. The molecule has 6 heteroatoms. The van der Waals surface area contributed by atoms with Crippen molar-refractivity contribution in [2.45, 2.75) is 53.9 Å². The minimum atomic E-state index is -0.00720. The molecule has 3 heterocycles. The number of imidazole rings is 1. The van der Waals surface area contributed by atoms with Gasteiger partial charge in [0.15, 0.2) is 0 Å². The van der Waals surface area contributed by atoms with Gasteiger partial charge in [-0.05, 0) is 101 Å². The number of rotatable bonds is 6. The zero-order valence-corrected chi connectivity index (χ0v) is 32.8. The third-order valence-electron chi connectivity index (χ3n) is 10.2. The van der Waals surface area contributed by atoms with Gasteiger partial charge in [0.2, 0.25) is 0 Å². The summed E-state index contributed by atoms with van der Waals surface area (Å²) in [5.41, 5.74) is 12.7. The molecule has 3 aromatic heterocycles. The zero-order chi connectivity index (χ0) is 35.4. The van der Waals surface area contributed by atoms with Crippen molar-refractivity contribution >= 4 is 21.8 Å². The monoisotopic (exact) mass is 859 g/mol. The van der Waals surface area contributed by atoms with Crippen molar-refractivity contribution < 1.29 is 30.4 Å². The summed E-state index contributed by atoms with van der Waals surface area (Å²) in [5.74, 6) is 2.05. The second kappa shape index (κ2) is 13.7. The third-order valence-corrected chi connectivity index (χ3v) is 10.2. The van der Waals surface area contributed by atoms with E-state index in [0.717, 1.165) is 39.0 Å². The summed E-state index contributed by atoms with van der Waals surface area (Å²) < 4.78 is 12.7. The molecular formula is C46H40N4OPt-2. The molecule has 0 aliphatic carbocycles. The molecule has 5 aromatic carbocycles. The molecular weight excluding hydrogens is 820 g/mol. The van der Waals surface area contributed by atoms with Crippen LogP contribution in [0.2, 0.25) is 0 Å². The number of pyridine rings is 1. The van der Waals surface area contributed by atoms with Crippen LogP contribution in [0, 0.1) is 46.2 Å². The average molecular weight is 860 g/mol. The minimum Gasteiger partial charge on any atom is -0.510 e. The fraction of sp³-hybridized carbons (Fsp3) is 0.174. The quantitative estimate of drug-likeness (QED) is 0.123. The summed E-state index contributed by atoms with van der Waals surface area (Å²) in [7, 11) is 0. The van der Waals surface area contributed by atoms with Crippen molar-refractivity contribution in [1.29, 1.82) is 0 Å². The predicted octanol–water partition coefficient (Wildman–Crippen LogP) is 10.6. The fourth-order valence-corrected chi connectivity index (χ4v) is 7.06. The molecule has 0 aliphatic heterocycles. The molecule has 8 rings (SSSR count). The van der Waals surface area contributed by atoms with Gasteiger partial charge in [0.25, 0.3) is 6.33 Å². The molecule has 0 spiro atoms. The van der Waals surface area contributed by atoms with Crippen LogP contribution in [-0.2, 0) is 26.5 Å². The summed E-state index contributed by atoms with van der Waals surface area (Å²) in [6.45, 7) is 15.5. The summed E-state index contributed by atoms with van der Waals surface area (Å²) >= 11 is 0. The van der Waals surface area contributed by atoms with Crippen LogP contribution in [0.25, 0.3) is 50.1 Å². The van der Waals surface area contributed by atoms with Crippen LogP contribution >= 0.6 is 0 Å². The standard InChI is InChI=1S/C46H40N4O.Pt/c1-30-31(2)33(4)45(44(32(30)3)34-14-9-8-10-15-34)49-25-24-48(29-49)36-16-13-17-37(27-36)51-38-20-21-40-39-18-11-12-19-41(39)50(42(40)28-38)43-26-35(22-23-47-43)46(5,6)7;/h8-26H,1-7H3;/q-2;. The molecule has 0 N–H and O–H groups in total. The van der Waals surface area contributed by atoms with E-state index in [9.17, 15) is 0 Å². The van der Waals surface area contributed by atoms with E-state index >= 15 is 0 Å². The molecule has 52 heavy (non-hydrogen) atoms. The van der Waals surface area contributed by atoms with E-state index in [-0.39, 0.29) is 26.5 Å². The van der Waals surface area contributed by atoms with Crippen LogP contribution in [0.3, 0.4) is 0 Å². The van der Waals surface area contributed by atoms with Gasteiger partial charge >= 0.3 is 0 Å². The molecule has 0 bridgehead atoms. The smallest absolute Gasteiger partial charge is 0.267 e. The number of fused-ring (bicyclic) bond motifs is 3. The number of aromatic nitrogens is 4. The third kappa shape index (κ3) is 6.18. The van der Waals surface area contributed by atoms with Gasteiger partial charge < -0.3 is 13.9 Å². The van der Waals surface area contributed by atoms with Crippen molar-refractivity contribution in [3.8, 4) is 39.8 Å². The summed E-state index contributed by atoms with van der Waals surface area (Å²) in [4.78, 5) is 4.81. The Morgan fingerprint density at radius 1 is 0.712 bits per heavy atom. The van der Waals surface area contributed by atoms with E-state index in [1.165, 1.54) is 38.9 Å². The van der Waals surface area contributed by atoms with Gasteiger partial charge in [0, 0.05) is 56.7 Å². The molecule has 0 saturated carbocycles.